The number of Topliss-reactive ketones (excluding diaryl/α,β-unsaturated/α-hetero) is 1. The maximum absolute atomic E-state index is 13.2. The molecule has 1 N–H and O–H groups in total. The number of rotatable bonds is 27. The van der Waals surface area contributed by atoms with Crippen molar-refractivity contribution in [1.82, 2.24) is 24.2 Å². The van der Waals surface area contributed by atoms with Gasteiger partial charge in [0.05, 0.1) is 59.8 Å². The number of methoxy groups -OCH3 is 2. The van der Waals surface area contributed by atoms with Crippen LogP contribution in [0.15, 0.2) is 206 Å². The molecule has 23 heteroatoms. The van der Waals surface area contributed by atoms with E-state index in [4.69, 9.17) is 28.9 Å². The molecule has 12 aromatic rings. The maximum Gasteiger partial charge on any atom is 0.497 e. The lowest BCUT2D eigenvalue weighted by atomic mass is 9.50. The topological polar surface area (TPSA) is 181 Å². The summed E-state index contributed by atoms with van der Waals surface area (Å²) < 4.78 is 93.3. The standard InChI is InChI=1S/C76H64B2F3N7O8S3/c1-5-84-66(90)31-19-21-45-96-58-38-34-51(35-39-58)71-68-67(72(61(48-82)74-85-62-46-59(93-3)40-42-64(62)97-74)87(71)77(52-22-10-6-11-23-52)53-24-12-7-13-25-53)70(50-32-36-57(37-33-50)95-44-20-18-30-56(89)49-99(91,92)76(79,80)81)88(78(54-26-14-8-15-27-54)55-28-16-9-17-29-55)73(68)69(83-2)75-86-63-47-60(94-4)41-43-65(63)98-75/h6-17,22-29,32-43,46-47H,5,18-21,30-31,44-45,49H2,1,3-4H3,(H,84,90)/b72-61-,73-69+. The first-order valence-electron chi connectivity index (χ1n) is 32.1. The number of nitrogens with zero attached hydrogens (tertiary/aromatic N) is 6. The van der Waals surface area contributed by atoms with Crippen molar-refractivity contribution in [3.8, 4) is 51.6 Å². The van der Waals surface area contributed by atoms with E-state index >= 15 is 0 Å². The predicted molar refractivity (Wildman–Crippen MR) is 388 cm³/mol. The summed E-state index contributed by atoms with van der Waals surface area (Å²) in [5, 5.41) is 18.3. The van der Waals surface area contributed by atoms with Crippen molar-refractivity contribution in [1.29, 1.82) is 5.26 Å². The molecule has 0 atom stereocenters. The summed E-state index contributed by atoms with van der Waals surface area (Å²) in [7, 11) is -2.44. The monoisotopic (exact) mass is 1380 g/mol. The van der Waals surface area contributed by atoms with Gasteiger partial charge in [0, 0.05) is 59.0 Å². The summed E-state index contributed by atoms with van der Waals surface area (Å²) >= 11 is 2.74. The number of unbranched alkanes of at least 4 members (excludes halogenated alkanes) is 2. The number of aromatic nitrogens is 4. The van der Waals surface area contributed by atoms with Crippen molar-refractivity contribution in [3.63, 3.8) is 0 Å². The number of carbonyl (C=O) groups excluding carboxylic acids is 2. The van der Waals surface area contributed by atoms with E-state index in [9.17, 15) is 43.0 Å². The van der Waals surface area contributed by atoms with E-state index in [1.807, 2.05) is 153 Å². The number of carbonyl (C=O) groups is 2. The van der Waals surface area contributed by atoms with Crippen LogP contribution >= 0.6 is 22.7 Å². The van der Waals surface area contributed by atoms with Crippen molar-refractivity contribution in [2.45, 2.75) is 51.0 Å². The highest BCUT2D eigenvalue weighted by atomic mass is 32.2. The fourth-order valence-corrected chi connectivity index (χ4v) is 15.0. The van der Waals surface area contributed by atoms with Gasteiger partial charge in [-0.25, -0.2) is 23.2 Å². The van der Waals surface area contributed by atoms with Crippen molar-refractivity contribution in [2.24, 2.45) is 0 Å². The number of hydrogen-bond donors (Lipinski definition) is 1. The van der Waals surface area contributed by atoms with Crippen LogP contribution in [0.5, 0.6) is 23.0 Å². The summed E-state index contributed by atoms with van der Waals surface area (Å²) in [5.74, 6) is -0.533. The second-order valence-electron chi connectivity index (χ2n) is 23.3. The van der Waals surface area contributed by atoms with Crippen LogP contribution in [0.1, 0.15) is 55.5 Å². The van der Waals surface area contributed by atoms with Crippen LogP contribution in [0.25, 0.3) is 69.8 Å². The van der Waals surface area contributed by atoms with Gasteiger partial charge in [-0.05, 0) is 117 Å². The molecule has 15 nitrogen and oxygen atoms in total. The van der Waals surface area contributed by atoms with E-state index in [-0.39, 0.29) is 36.6 Å². The summed E-state index contributed by atoms with van der Waals surface area (Å²) in [6.07, 6.45) is 1.54. The molecule has 0 unspecified atom stereocenters. The van der Waals surface area contributed by atoms with E-state index in [0.717, 1.165) is 31.3 Å². The minimum Gasteiger partial charge on any atom is -0.497 e. The number of thiazole rings is 2. The largest absolute Gasteiger partial charge is 0.497 e. The van der Waals surface area contributed by atoms with Gasteiger partial charge in [0.2, 0.25) is 11.6 Å². The molecule has 0 radical (unpaired) electrons. The molecule has 8 aromatic carbocycles. The number of sulfone groups is 1. The Kier molecular flexibility index (Phi) is 20.9. The predicted octanol–water partition coefficient (Wildman–Crippen LogP) is 11.9. The Balaban J connectivity index is 1.23. The summed E-state index contributed by atoms with van der Waals surface area (Å²) in [4.78, 5) is 40.1. The van der Waals surface area contributed by atoms with Gasteiger partial charge < -0.3 is 33.2 Å². The Hall–Kier alpha value is -10.7. The first-order chi connectivity index (χ1) is 48.1. The average molecular weight is 1380 g/mol. The van der Waals surface area contributed by atoms with Crippen LogP contribution in [0.3, 0.4) is 0 Å². The fourth-order valence-electron chi connectivity index (χ4n) is 12.4. The smallest absolute Gasteiger partial charge is 0.497 e. The second-order valence-corrected chi connectivity index (χ2v) is 27.4. The van der Waals surface area contributed by atoms with Gasteiger partial charge in [0.1, 0.15) is 56.2 Å². The van der Waals surface area contributed by atoms with Crippen molar-refractivity contribution >= 4 is 122 Å². The molecule has 1 amide bonds. The first-order valence-corrected chi connectivity index (χ1v) is 35.4. The quantitative estimate of drug-likeness (QED) is 0.0294. The van der Waals surface area contributed by atoms with Crippen LogP contribution in [0.2, 0.25) is 0 Å². The Bertz CT molecular complexity index is 5070. The molecule has 4 aromatic heterocycles. The lowest BCUT2D eigenvalue weighted by Gasteiger charge is -2.24. The van der Waals surface area contributed by atoms with Crippen LogP contribution in [-0.4, -0.2) is 98.0 Å². The molecule has 0 saturated heterocycles. The Morgan fingerprint density at radius 2 is 1.00 bits per heavy atom. The third kappa shape index (κ3) is 14.6. The zero-order valence-corrected chi connectivity index (χ0v) is 56.6. The molecular weight excluding hydrogens is 1310 g/mol. The van der Waals surface area contributed by atoms with Gasteiger partial charge in [0.15, 0.2) is 0 Å². The Labute approximate surface area is 579 Å². The van der Waals surface area contributed by atoms with E-state index < -0.39 is 47.0 Å². The number of ketones is 1. The van der Waals surface area contributed by atoms with Gasteiger partial charge in [-0.2, -0.15) is 18.4 Å². The molecule has 0 aliphatic rings. The first kappa shape index (κ1) is 68.2. The van der Waals surface area contributed by atoms with Crippen LogP contribution < -0.4 is 56.8 Å². The highest BCUT2D eigenvalue weighted by Crippen LogP contribution is 2.40. The van der Waals surface area contributed by atoms with Gasteiger partial charge in [-0.15, -0.1) is 22.7 Å². The molecule has 0 saturated carbocycles. The minimum atomic E-state index is -5.62. The van der Waals surface area contributed by atoms with Gasteiger partial charge in [-0.1, -0.05) is 143 Å². The molecule has 0 aliphatic heterocycles. The van der Waals surface area contributed by atoms with Crippen molar-refractivity contribution in [3.05, 3.63) is 238 Å². The zero-order chi connectivity index (χ0) is 69.2. The maximum atomic E-state index is 13.2. The van der Waals surface area contributed by atoms with Gasteiger partial charge >= 0.3 is 19.2 Å². The Morgan fingerprint density at radius 1 is 0.586 bits per heavy atom. The number of benzene rings is 8. The lowest BCUT2D eigenvalue weighted by molar-refractivity contribution is -0.121. The molecule has 0 bridgehead atoms. The normalized spacial score (nSPS) is 12.2. The third-order valence-electron chi connectivity index (χ3n) is 16.9. The highest BCUT2D eigenvalue weighted by molar-refractivity contribution is 7.92. The Morgan fingerprint density at radius 3 is 1.42 bits per heavy atom. The summed E-state index contributed by atoms with van der Waals surface area (Å²) in [6.45, 7) is 11.2. The number of hydrogen-bond acceptors (Lipinski definition) is 13. The molecule has 0 aliphatic carbocycles. The lowest BCUT2D eigenvalue weighted by Crippen LogP contribution is -2.54. The van der Waals surface area contributed by atoms with E-state index in [1.165, 1.54) is 22.7 Å². The fraction of sp³-hybridized carbons (Fsp3) is 0.184. The molecule has 12 rings (SSSR count). The molecule has 496 valence electrons. The van der Waals surface area contributed by atoms with Gasteiger partial charge in [-0.3, -0.25) is 9.59 Å². The van der Waals surface area contributed by atoms with E-state index in [0.29, 0.717) is 120 Å². The molecule has 0 spiro atoms. The van der Waals surface area contributed by atoms with E-state index in [1.54, 1.807) is 26.4 Å². The number of amides is 1. The van der Waals surface area contributed by atoms with Crippen LogP contribution in [0, 0.1) is 17.9 Å². The van der Waals surface area contributed by atoms with Gasteiger partial charge in [0.25, 0.3) is 9.84 Å². The highest BCUT2D eigenvalue weighted by Gasteiger charge is 2.46. The SMILES string of the molecule is [C-]#[N+]/C(c1nc2cc(OC)ccc2s1)=c1\c2c(-c3ccc(OCCCCC(=O)NCC)cc3)n(B(c3ccccc3)c3ccccc3)/c(=C(/C#N)c3nc4cc(OC)ccc4s3)c2c(-c2ccc(OCCCCC(=O)CS(=O)(=O)C(F)(F)F)cc2)n1B(c1ccccc1)c1ccccc1. The average Bonchev–Trinajstić information content (AvgIpc) is 1.52. The molecule has 0 fully saturated rings. The number of alkyl halides is 3. The number of ether oxygens (including phenoxy) is 4. The summed E-state index contributed by atoms with van der Waals surface area (Å²) in [5.41, 5.74) is 2.14. The second kappa shape index (κ2) is 30.4. The number of fused-ring (bicyclic) bond motifs is 3. The number of nitriles is 1. The van der Waals surface area contributed by atoms with Crippen LogP contribution in [-0.2, 0) is 19.4 Å². The number of halogens is 3. The molecular formula is C76H64B2F3N7O8S3. The third-order valence-corrected chi connectivity index (χ3v) is 20.5. The van der Waals surface area contributed by atoms with E-state index in [2.05, 4.69) is 73.7 Å². The van der Waals surface area contributed by atoms with Crippen molar-refractivity contribution in [2.75, 3.05) is 39.7 Å². The van der Waals surface area contributed by atoms with Crippen molar-refractivity contribution < 1.29 is 50.1 Å². The summed E-state index contributed by atoms with van der Waals surface area (Å²) in [6, 6.07) is 69.5. The molecule has 99 heavy (non-hydrogen) atoms. The minimum absolute atomic E-state index is 0.0161. The number of nitrogens with one attached hydrogen (secondary N) is 1. The van der Waals surface area contributed by atoms with Crippen LogP contribution in [0.4, 0.5) is 13.2 Å². The molecule has 4 heterocycles. The zero-order valence-electron chi connectivity index (χ0n) is 54.2.